The molecule has 1 unspecified atom stereocenters. The normalized spacial score (nSPS) is 12.6. The second kappa shape index (κ2) is 13.3. The number of hydrogen-bond acceptors (Lipinski definition) is 7. The Morgan fingerprint density at radius 1 is 1.06 bits per heavy atom. The van der Waals surface area contributed by atoms with Gasteiger partial charge in [-0.1, -0.05) is 49.3 Å². The Bertz CT molecular complexity index is 936. The molecule has 0 aliphatic heterocycles. The maximum absolute atomic E-state index is 10.8. The van der Waals surface area contributed by atoms with Crippen molar-refractivity contribution in [3.05, 3.63) is 60.1 Å². The molecule has 0 bridgehead atoms. The van der Waals surface area contributed by atoms with Crippen LogP contribution in [0, 0.1) is 5.92 Å². The van der Waals surface area contributed by atoms with E-state index >= 15 is 0 Å². The van der Waals surface area contributed by atoms with Gasteiger partial charge in [0.25, 0.3) is 0 Å². The molecule has 1 N–H and O–H groups in total. The summed E-state index contributed by atoms with van der Waals surface area (Å²) in [5.74, 6) is 2.12. The van der Waals surface area contributed by atoms with Crippen LogP contribution in [-0.4, -0.2) is 54.1 Å². The summed E-state index contributed by atoms with van der Waals surface area (Å²) < 4.78 is 16.9. The molecule has 0 aliphatic carbocycles. The van der Waals surface area contributed by atoms with Crippen LogP contribution in [0.3, 0.4) is 0 Å². The van der Waals surface area contributed by atoms with Crippen molar-refractivity contribution in [3.8, 4) is 11.3 Å². The lowest BCUT2D eigenvalue weighted by atomic mass is 10.1. The van der Waals surface area contributed by atoms with Gasteiger partial charge in [-0.05, 0) is 44.9 Å². The van der Waals surface area contributed by atoms with E-state index in [1.165, 1.54) is 0 Å². The van der Waals surface area contributed by atoms with Gasteiger partial charge in [0.1, 0.15) is 18.1 Å². The Morgan fingerprint density at radius 2 is 1.82 bits per heavy atom. The Balaban J connectivity index is 1.77. The smallest absolute Gasteiger partial charge is 0.232 e. The molecule has 7 nitrogen and oxygen atoms in total. The molecule has 3 rings (SSSR count). The Labute approximate surface area is 203 Å². The van der Waals surface area contributed by atoms with Crippen molar-refractivity contribution in [2.75, 3.05) is 37.7 Å². The molecule has 34 heavy (non-hydrogen) atoms. The topological polar surface area (TPSA) is 75.1 Å². The minimum atomic E-state index is -0.612. The highest BCUT2D eigenvalue weighted by molar-refractivity contribution is 5.68. The highest BCUT2D eigenvalue weighted by Crippen LogP contribution is 2.32. The van der Waals surface area contributed by atoms with E-state index in [-0.39, 0.29) is 6.61 Å². The van der Waals surface area contributed by atoms with E-state index in [9.17, 15) is 5.11 Å². The van der Waals surface area contributed by atoms with Crippen molar-refractivity contribution in [1.82, 2.24) is 10.1 Å². The van der Waals surface area contributed by atoms with Gasteiger partial charge >= 0.3 is 0 Å². The number of aromatic nitrogens is 1. The van der Waals surface area contributed by atoms with Gasteiger partial charge in [0, 0.05) is 31.7 Å². The monoisotopic (exact) mass is 469 g/mol. The molecule has 7 heteroatoms. The lowest BCUT2D eigenvalue weighted by molar-refractivity contribution is 0.00327. The fourth-order valence-corrected chi connectivity index (χ4v) is 3.97. The van der Waals surface area contributed by atoms with Crippen LogP contribution in [0.2, 0.25) is 0 Å². The molecule has 0 amide bonds. The van der Waals surface area contributed by atoms with Crippen LogP contribution in [0.4, 0.5) is 5.88 Å². The maximum Gasteiger partial charge on any atom is 0.232 e. The van der Waals surface area contributed by atoms with E-state index in [1.54, 1.807) is 6.26 Å². The van der Waals surface area contributed by atoms with Gasteiger partial charge in [-0.3, -0.25) is 4.90 Å². The van der Waals surface area contributed by atoms with E-state index in [0.29, 0.717) is 25.6 Å². The van der Waals surface area contributed by atoms with Crippen LogP contribution in [0.1, 0.15) is 45.4 Å². The first kappa shape index (κ1) is 26.0. The third-order valence-electron chi connectivity index (χ3n) is 5.87. The standard InChI is InChI=1S/C27H39N3O4/c1-5-30(6-2)27-25(26(28-34-27)22-11-8-7-9-12-22)18-29(15-14-21(3)4)17-23(31)19-32-20-24-13-10-16-33-24/h7-13,16,21,23,31H,5-6,14-15,17-20H2,1-4H3. The first-order chi connectivity index (χ1) is 16.5. The first-order valence-electron chi connectivity index (χ1n) is 12.3. The van der Waals surface area contributed by atoms with Gasteiger partial charge < -0.3 is 23.7 Å². The van der Waals surface area contributed by atoms with E-state index < -0.39 is 6.10 Å². The van der Waals surface area contributed by atoms with Crippen molar-refractivity contribution in [3.63, 3.8) is 0 Å². The second-order valence-corrected chi connectivity index (χ2v) is 9.02. The molecule has 186 valence electrons. The Morgan fingerprint density at radius 3 is 2.47 bits per heavy atom. The number of benzene rings is 1. The summed E-state index contributed by atoms with van der Waals surface area (Å²) in [7, 11) is 0. The van der Waals surface area contributed by atoms with Gasteiger partial charge in [0.2, 0.25) is 5.88 Å². The highest BCUT2D eigenvalue weighted by Gasteiger charge is 2.24. The van der Waals surface area contributed by atoms with Crippen molar-refractivity contribution in [2.45, 2.75) is 53.4 Å². The predicted molar refractivity (Wildman–Crippen MR) is 135 cm³/mol. The number of nitrogens with zero attached hydrogens (tertiary/aromatic N) is 3. The lowest BCUT2D eigenvalue weighted by Crippen LogP contribution is -2.36. The zero-order valence-electron chi connectivity index (χ0n) is 20.9. The predicted octanol–water partition coefficient (Wildman–Crippen LogP) is 5.21. The van der Waals surface area contributed by atoms with Crippen LogP contribution >= 0.6 is 0 Å². The quantitative estimate of drug-likeness (QED) is 0.328. The maximum atomic E-state index is 10.8. The second-order valence-electron chi connectivity index (χ2n) is 9.02. The Hall–Kier alpha value is -2.61. The Kier molecular flexibility index (Phi) is 10.2. The number of furan rings is 1. The van der Waals surface area contributed by atoms with E-state index in [2.05, 4.69) is 54.8 Å². The molecule has 0 radical (unpaired) electrons. The summed E-state index contributed by atoms with van der Waals surface area (Å²) in [6, 6.07) is 13.9. The molecule has 1 atom stereocenters. The molecular weight excluding hydrogens is 430 g/mol. The van der Waals surface area contributed by atoms with Gasteiger partial charge in [-0.2, -0.15) is 0 Å². The van der Waals surface area contributed by atoms with E-state index in [1.807, 2.05) is 30.3 Å². The largest absolute Gasteiger partial charge is 0.467 e. The number of aliphatic hydroxyl groups excluding tert-OH is 1. The molecule has 0 aliphatic rings. The number of anilines is 1. The molecule has 0 saturated carbocycles. The van der Waals surface area contributed by atoms with Crippen molar-refractivity contribution >= 4 is 5.88 Å². The molecular formula is C27H39N3O4. The van der Waals surface area contributed by atoms with Crippen molar-refractivity contribution in [2.24, 2.45) is 5.92 Å². The summed E-state index contributed by atoms with van der Waals surface area (Å²) >= 11 is 0. The van der Waals surface area contributed by atoms with Crippen LogP contribution in [0.15, 0.2) is 57.7 Å². The molecule has 0 saturated heterocycles. The number of ether oxygens (including phenoxy) is 1. The SMILES string of the molecule is CCN(CC)c1onc(-c2ccccc2)c1CN(CCC(C)C)CC(O)COCc1ccco1. The number of aliphatic hydroxyl groups is 1. The molecule has 1 aromatic carbocycles. The zero-order chi connectivity index (χ0) is 24.3. The lowest BCUT2D eigenvalue weighted by Gasteiger charge is -2.27. The molecule has 3 aromatic rings. The van der Waals surface area contributed by atoms with Crippen LogP contribution in [0.25, 0.3) is 11.3 Å². The molecule has 2 aromatic heterocycles. The van der Waals surface area contributed by atoms with E-state index in [0.717, 1.165) is 54.5 Å². The van der Waals surface area contributed by atoms with Crippen LogP contribution in [-0.2, 0) is 17.9 Å². The van der Waals surface area contributed by atoms with Crippen LogP contribution in [0.5, 0.6) is 0 Å². The molecule has 0 spiro atoms. The zero-order valence-corrected chi connectivity index (χ0v) is 20.9. The summed E-state index contributed by atoms with van der Waals surface area (Å²) in [6.45, 7) is 13.0. The third-order valence-corrected chi connectivity index (χ3v) is 5.87. The minimum absolute atomic E-state index is 0.247. The fourth-order valence-electron chi connectivity index (χ4n) is 3.97. The van der Waals surface area contributed by atoms with Crippen molar-refractivity contribution < 1.29 is 18.8 Å². The summed E-state index contributed by atoms with van der Waals surface area (Å²) in [5, 5.41) is 15.2. The molecule has 2 heterocycles. The first-order valence-corrected chi connectivity index (χ1v) is 12.3. The van der Waals surface area contributed by atoms with E-state index in [4.69, 9.17) is 13.7 Å². The summed E-state index contributed by atoms with van der Waals surface area (Å²) in [4.78, 5) is 4.48. The van der Waals surface area contributed by atoms with Crippen LogP contribution < -0.4 is 4.90 Å². The minimum Gasteiger partial charge on any atom is -0.467 e. The summed E-state index contributed by atoms with van der Waals surface area (Å²) in [6.07, 6.45) is 2.05. The average Bonchev–Trinajstić information content (AvgIpc) is 3.49. The third kappa shape index (κ3) is 7.45. The number of rotatable bonds is 15. The van der Waals surface area contributed by atoms with Crippen molar-refractivity contribution in [1.29, 1.82) is 0 Å². The highest BCUT2D eigenvalue weighted by atomic mass is 16.5. The van der Waals surface area contributed by atoms with Gasteiger partial charge in [-0.25, -0.2) is 0 Å². The fraction of sp³-hybridized carbons (Fsp3) is 0.519. The summed E-state index contributed by atoms with van der Waals surface area (Å²) in [5.41, 5.74) is 2.95. The molecule has 0 fully saturated rings. The van der Waals surface area contributed by atoms with Gasteiger partial charge in [-0.15, -0.1) is 0 Å². The van der Waals surface area contributed by atoms with Gasteiger partial charge in [0.15, 0.2) is 0 Å². The number of hydrogen-bond donors (Lipinski definition) is 1. The average molecular weight is 470 g/mol. The van der Waals surface area contributed by atoms with Gasteiger partial charge in [0.05, 0.1) is 24.5 Å².